The molecule has 1 fully saturated rings. The van der Waals surface area contributed by atoms with Crippen LogP contribution in [0.3, 0.4) is 0 Å². The fourth-order valence-corrected chi connectivity index (χ4v) is 5.85. The van der Waals surface area contributed by atoms with Crippen LogP contribution in [0.2, 0.25) is 5.02 Å². The molecule has 1 aliphatic heterocycles. The van der Waals surface area contributed by atoms with Crippen molar-refractivity contribution in [3.63, 3.8) is 0 Å². The molecule has 4 rings (SSSR count). The lowest BCUT2D eigenvalue weighted by Crippen LogP contribution is -2.43. The molecule has 0 unspecified atom stereocenters. The smallest absolute Gasteiger partial charge is 0.305 e. The number of nitrogens with one attached hydrogen (secondary N) is 1. The van der Waals surface area contributed by atoms with Gasteiger partial charge in [0.05, 0.1) is 33.9 Å². The zero-order valence-corrected chi connectivity index (χ0v) is 23.1. The molecule has 0 aliphatic carbocycles. The molecule has 0 bridgehead atoms. The minimum Gasteiger partial charge on any atom is -0.305 e. The largest absolute Gasteiger partial charge is 0.501 e. The van der Waals surface area contributed by atoms with E-state index >= 15 is 0 Å². The Hall–Kier alpha value is -3.69. The van der Waals surface area contributed by atoms with Crippen LogP contribution in [-0.4, -0.2) is 49.7 Å². The Labute approximate surface area is 232 Å². The van der Waals surface area contributed by atoms with Gasteiger partial charge in [-0.1, -0.05) is 11.6 Å². The van der Waals surface area contributed by atoms with Crippen molar-refractivity contribution in [2.24, 2.45) is 0 Å². The number of alkyl halides is 3. The van der Waals surface area contributed by atoms with Crippen LogP contribution in [-0.2, 0) is 31.2 Å². The molecule has 16 heteroatoms. The third-order valence-corrected chi connectivity index (χ3v) is 9.28. The van der Waals surface area contributed by atoms with Gasteiger partial charge in [0.15, 0.2) is 0 Å². The van der Waals surface area contributed by atoms with Gasteiger partial charge in [0.1, 0.15) is 5.54 Å². The third-order valence-electron chi connectivity index (χ3n) is 6.14. The van der Waals surface area contributed by atoms with Crippen LogP contribution in [0.4, 0.5) is 29.3 Å². The lowest BCUT2D eigenvalue weighted by atomic mass is 10.0. The first-order chi connectivity index (χ1) is 18.5. The molecule has 0 atom stereocenters. The van der Waals surface area contributed by atoms with Gasteiger partial charge in [-0.3, -0.25) is 14.5 Å². The Morgan fingerprint density at radius 2 is 1.50 bits per heavy atom. The molecular weight excluding hydrogens is 597 g/mol. The Balaban J connectivity index is 1.63. The number of hydrogen-bond donors (Lipinski definition) is 1. The molecule has 2 aromatic carbocycles. The van der Waals surface area contributed by atoms with Gasteiger partial charge in [-0.05, 0) is 74.0 Å². The van der Waals surface area contributed by atoms with Crippen LogP contribution < -0.4 is 9.62 Å². The van der Waals surface area contributed by atoms with Gasteiger partial charge in [-0.15, -0.1) is 0 Å². The zero-order chi connectivity index (χ0) is 29.7. The highest BCUT2D eigenvalue weighted by atomic mass is 35.5. The van der Waals surface area contributed by atoms with Gasteiger partial charge < -0.3 is 4.90 Å². The van der Waals surface area contributed by atoms with Crippen LogP contribution in [0.1, 0.15) is 19.4 Å². The fourth-order valence-electron chi connectivity index (χ4n) is 3.88. The summed E-state index contributed by atoms with van der Waals surface area (Å²) in [6.45, 7) is 2.62. The summed E-state index contributed by atoms with van der Waals surface area (Å²) in [6, 6.07) is 9.15. The molecule has 3 amide bonds. The van der Waals surface area contributed by atoms with E-state index in [1.165, 1.54) is 56.6 Å². The second-order valence-corrected chi connectivity index (χ2v) is 13.2. The van der Waals surface area contributed by atoms with Crippen molar-refractivity contribution >= 4 is 54.8 Å². The Kier molecular flexibility index (Phi) is 7.36. The van der Waals surface area contributed by atoms with Gasteiger partial charge in [-0.25, -0.2) is 26.5 Å². The molecule has 40 heavy (non-hydrogen) atoms. The normalized spacial score (nSPS) is 15.9. The minimum atomic E-state index is -5.63. The molecular formula is C24H20ClF3N4O6S2. The third kappa shape index (κ3) is 5.23. The van der Waals surface area contributed by atoms with Crippen molar-refractivity contribution in [3.05, 3.63) is 77.6 Å². The quantitative estimate of drug-likeness (QED) is 0.384. The second-order valence-electron chi connectivity index (χ2n) is 9.10. The Morgan fingerprint density at radius 1 is 0.925 bits per heavy atom. The van der Waals surface area contributed by atoms with Gasteiger partial charge in [-0.2, -0.15) is 13.2 Å². The van der Waals surface area contributed by atoms with Crippen LogP contribution in [0.15, 0.2) is 76.8 Å². The fraction of sp³-hybridized carbons (Fsp3) is 0.208. The van der Waals surface area contributed by atoms with Crippen molar-refractivity contribution in [2.45, 2.75) is 41.2 Å². The predicted octanol–water partition coefficient (Wildman–Crippen LogP) is 4.58. The number of rotatable bonds is 7. The number of amides is 3. The second kappa shape index (κ2) is 10.1. The van der Waals surface area contributed by atoms with Gasteiger partial charge in [0.2, 0.25) is 0 Å². The average molecular weight is 617 g/mol. The van der Waals surface area contributed by atoms with E-state index < -0.39 is 47.7 Å². The lowest BCUT2D eigenvalue weighted by Gasteiger charge is -2.28. The molecule has 0 spiro atoms. The SMILES string of the molecule is CC1(C)C(=O)N(c2ccc(S(=O)(=O)C(F)(F)F)cc2)C(=O)N1Cc1ccncc1NS(=O)(=O)c1ccc(Cl)cc1. The average Bonchev–Trinajstić information content (AvgIpc) is 3.03. The maximum Gasteiger partial charge on any atom is 0.501 e. The summed E-state index contributed by atoms with van der Waals surface area (Å²) in [5, 5.41) is 0.335. The lowest BCUT2D eigenvalue weighted by molar-refractivity contribution is -0.123. The van der Waals surface area contributed by atoms with Crippen LogP contribution >= 0.6 is 11.6 Å². The number of halogens is 4. The molecule has 2 heterocycles. The first-order valence-electron chi connectivity index (χ1n) is 11.3. The number of imide groups is 1. The molecule has 1 N–H and O–H groups in total. The molecule has 3 aromatic rings. The van der Waals surface area contributed by atoms with E-state index in [-0.39, 0.29) is 28.4 Å². The highest BCUT2D eigenvalue weighted by Gasteiger charge is 2.52. The van der Waals surface area contributed by atoms with E-state index in [1.807, 2.05) is 0 Å². The number of aromatic nitrogens is 1. The molecule has 1 aromatic heterocycles. The van der Waals surface area contributed by atoms with E-state index in [0.29, 0.717) is 22.1 Å². The predicted molar refractivity (Wildman–Crippen MR) is 139 cm³/mol. The summed E-state index contributed by atoms with van der Waals surface area (Å²) < 4.78 is 90.2. The maximum atomic E-state index is 13.4. The Morgan fingerprint density at radius 3 is 2.08 bits per heavy atom. The van der Waals surface area contributed by atoms with Crippen molar-refractivity contribution < 1.29 is 39.6 Å². The number of anilines is 2. The van der Waals surface area contributed by atoms with Crippen molar-refractivity contribution in [2.75, 3.05) is 9.62 Å². The van der Waals surface area contributed by atoms with Crippen molar-refractivity contribution in [3.8, 4) is 0 Å². The summed E-state index contributed by atoms with van der Waals surface area (Å²) in [4.78, 5) is 31.3. The summed E-state index contributed by atoms with van der Waals surface area (Å²) >= 11 is 5.83. The van der Waals surface area contributed by atoms with E-state index in [2.05, 4.69) is 9.71 Å². The molecule has 1 saturated heterocycles. The van der Waals surface area contributed by atoms with Gasteiger partial charge >= 0.3 is 11.5 Å². The first-order valence-corrected chi connectivity index (χ1v) is 14.6. The standard InChI is InChI=1S/C24H20ClF3N4O6S2/c1-23(2)21(33)32(17-5-9-18(10-6-17)39(35,36)24(26,27)28)22(34)31(23)14-15-11-12-29-13-20(15)30-40(37,38)19-7-3-16(25)4-8-19/h3-13,30H,14H2,1-2H3. The number of sulfonamides is 1. The zero-order valence-electron chi connectivity index (χ0n) is 20.7. The number of carbonyl (C=O) groups is 2. The number of carbonyl (C=O) groups excluding carboxylic acids is 2. The van der Waals surface area contributed by atoms with Crippen LogP contribution in [0.5, 0.6) is 0 Å². The summed E-state index contributed by atoms with van der Waals surface area (Å²) in [6.07, 6.45) is 2.60. The molecule has 10 nitrogen and oxygen atoms in total. The number of pyridine rings is 1. The van der Waals surface area contributed by atoms with E-state index in [9.17, 15) is 39.6 Å². The maximum absolute atomic E-state index is 13.4. The van der Waals surface area contributed by atoms with Crippen molar-refractivity contribution in [1.82, 2.24) is 9.88 Å². The van der Waals surface area contributed by atoms with E-state index in [1.54, 1.807) is 0 Å². The van der Waals surface area contributed by atoms with E-state index in [4.69, 9.17) is 11.6 Å². The molecule has 0 saturated carbocycles. The highest BCUT2D eigenvalue weighted by Crippen LogP contribution is 2.36. The minimum absolute atomic E-state index is 0.0358. The van der Waals surface area contributed by atoms with Gasteiger partial charge in [0, 0.05) is 11.2 Å². The molecule has 1 aliphatic rings. The van der Waals surface area contributed by atoms with E-state index in [0.717, 1.165) is 17.0 Å². The first kappa shape index (κ1) is 29.3. The Bertz CT molecular complexity index is 1700. The summed E-state index contributed by atoms with van der Waals surface area (Å²) in [5.74, 6) is -0.735. The number of urea groups is 1. The number of sulfone groups is 1. The van der Waals surface area contributed by atoms with Crippen LogP contribution in [0.25, 0.3) is 0 Å². The van der Waals surface area contributed by atoms with Crippen molar-refractivity contribution in [1.29, 1.82) is 0 Å². The van der Waals surface area contributed by atoms with Gasteiger partial charge in [0.25, 0.3) is 25.8 Å². The number of benzene rings is 2. The molecule has 212 valence electrons. The molecule has 0 radical (unpaired) electrons. The highest BCUT2D eigenvalue weighted by molar-refractivity contribution is 7.92. The monoisotopic (exact) mass is 616 g/mol. The number of nitrogens with zero attached hydrogens (tertiary/aromatic N) is 3. The number of hydrogen-bond acceptors (Lipinski definition) is 7. The summed E-state index contributed by atoms with van der Waals surface area (Å²) in [5.41, 5.74) is -6.82. The summed E-state index contributed by atoms with van der Waals surface area (Å²) in [7, 11) is -9.71. The van der Waals surface area contributed by atoms with Crippen LogP contribution in [0, 0.1) is 0 Å². The topological polar surface area (TPSA) is 134 Å².